The van der Waals surface area contributed by atoms with E-state index in [4.69, 9.17) is 14.2 Å². The van der Waals surface area contributed by atoms with Crippen molar-refractivity contribution in [3.63, 3.8) is 0 Å². The average Bonchev–Trinajstić information content (AvgIpc) is 3.02. The van der Waals surface area contributed by atoms with Gasteiger partial charge in [-0.05, 0) is 75.3 Å². The Bertz CT molecular complexity index is 1450. The number of phenols is 2. The number of Topliss-reactive ketones (excluding diaryl/α,β-unsaturated/α-hetero) is 1. The van der Waals surface area contributed by atoms with Crippen molar-refractivity contribution in [2.75, 3.05) is 26.4 Å². The van der Waals surface area contributed by atoms with E-state index in [1.807, 2.05) is 0 Å². The molecule has 13 heteroatoms. The van der Waals surface area contributed by atoms with Gasteiger partial charge in [0.2, 0.25) is 6.29 Å². The van der Waals surface area contributed by atoms with Crippen LogP contribution in [0.2, 0.25) is 0 Å². The number of carboxylic acid groups (broad SMARTS) is 1. The molecule has 46 heavy (non-hydrogen) atoms. The lowest BCUT2D eigenvalue weighted by molar-refractivity contribution is -0.315. The van der Waals surface area contributed by atoms with E-state index in [-0.39, 0.29) is 64.0 Å². The number of aliphatic hydroxyl groups is 5. The lowest BCUT2D eigenvalue weighted by Crippen LogP contribution is -2.68. The second-order valence-corrected chi connectivity index (χ2v) is 13.1. The molecule has 13 nitrogen and oxygen atoms in total. The second-order valence-electron chi connectivity index (χ2n) is 13.1. The van der Waals surface area contributed by atoms with Crippen molar-refractivity contribution in [2.45, 2.75) is 82.6 Å². The Morgan fingerprint density at radius 3 is 2.43 bits per heavy atom. The molecule has 0 aromatic heterocycles. The van der Waals surface area contributed by atoms with Crippen LogP contribution in [-0.4, -0.2) is 109 Å². The van der Waals surface area contributed by atoms with Crippen molar-refractivity contribution in [2.24, 2.45) is 23.7 Å². The lowest BCUT2D eigenvalue weighted by atomic mass is 9.63. The number of hydrogen-bond donors (Lipinski definition) is 8. The van der Waals surface area contributed by atoms with Gasteiger partial charge in [0.1, 0.15) is 41.2 Å². The molecule has 254 valence electrons. The van der Waals surface area contributed by atoms with Gasteiger partial charge in [0.15, 0.2) is 5.78 Å². The largest absolute Gasteiger partial charge is 0.507 e. The Kier molecular flexibility index (Phi) is 10.1. The van der Waals surface area contributed by atoms with E-state index >= 15 is 0 Å². The fourth-order valence-corrected chi connectivity index (χ4v) is 8.10. The van der Waals surface area contributed by atoms with Crippen LogP contribution in [0.1, 0.15) is 71.7 Å². The van der Waals surface area contributed by atoms with Gasteiger partial charge in [0.05, 0.1) is 23.1 Å². The van der Waals surface area contributed by atoms with Gasteiger partial charge >= 0.3 is 5.97 Å². The zero-order valence-corrected chi connectivity index (χ0v) is 26.0. The normalized spacial score (nSPS) is 33.0. The van der Waals surface area contributed by atoms with Crippen LogP contribution in [-0.2, 0) is 9.47 Å². The Hall–Kier alpha value is -3.04. The highest BCUT2D eigenvalue weighted by Gasteiger charge is 2.56. The molecule has 2 aliphatic heterocycles. The third-order valence-electron chi connectivity index (χ3n) is 10.4. The maximum absolute atomic E-state index is 12.3. The number of aromatic carboxylic acids is 1. The number of hydrogen-bond acceptors (Lipinski definition) is 12. The van der Waals surface area contributed by atoms with Gasteiger partial charge in [-0.1, -0.05) is 12.8 Å². The number of ether oxygens (including phenoxy) is 3. The van der Waals surface area contributed by atoms with E-state index in [0.29, 0.717) is 32.0 Å². The first-order chi connectivity index (χ1) is 21.8. The molecule has 2 saturated heterocycles. The summed E-state index contributed by atoms with van der Waals surface area (Å²) < 4.78 is 17.5. The van der Waals surface area contributed by atoms with Crippen LogP contribution in [0, 0.1) is 30.6 Å². The van der Waals surface area contributed by atoms with Crippen LogP contribution in [0.4, 0.5) is 0 Å². The molecule has 2 heterocycles. The SMILES string of the molecule is CC(=O)c1c(C)c(O)c2cc(C(=O)O)cc(OC3OC(CO)C(O)(CCC4CCCC5COCC(CCO)C45)C(O)C3O)c2c1O. The number of rotatable bonds is 10. The number of aliphatic hydroxyl groups excluding tert-OH is 4. The maximum atomic E-state index is 12.3. The minimum absolute atomic E-state index is 0.0168. The van der Waals surface area contributed by atoms with E-state index in [1.54, 1.807) is 0 Å². The summed E-state index contributed by atoms with van der Waals surface area (Å²) in [6.45, 7) is 3.03. The first-order valence-corrected chi connectivity index (χ1v) is 15.8. The van der Waals surface area contributed by atoms with Gasteiger partial charge in [-0.3, -0.25) is 4.79 Å². The molecule has 5 rings (SSSR count). The Labute approximate surface area is 266 Å². The van der Waals surface area contributed by atoms with E-state index < -0.39 is 60.1 Å². The summed E-state index contributed by atoms with van der Waals surface area (Å²) in [6, 6.07) is 2.11. The van der Waals surface area contributed by atoms with Crippen LogP contribution in [0.5, 0.6) is 17.2 Å². The third-order valence-corrected chi connectivity index (χ3v) is 10.4. The Morgan fingerprint density at radius 1 is 1.04 bits per heavy atom. The molecule has 1 aliphatic carbocycles. The van der Waals surface area contributed by atoms with Gasteiger partial charge in [0, 0.05) is 30.8 Å². The fourth-order valence-electron chi connectivity index (χ4n) is 8.10. The van der Waals surface area contributed by atoms with Crippen LogP contribution in [0.25, 0.3) is 10.8 Å². The molecule has 0 spiro atoms. The molecule has 9 unspecified atom stereocenters. The van der Waals surface area contributed by atoms with Gasteiger partial charge in [-0.2, -0.15) is 0 Å². The minimum Gasteiger partial charge on any atom is -0.507 e. The van der Waals surface area contributed by atoms with Crippen molar-refractivity contribution >= 4 is 22.5 Å². The monoisotopic (exact) mass is 648 g/mol. The summed E-state index contributed by atoms with van der Waals surface area (Å²) in [5.41, 5.74) is -2.63. The van der Waals surface area contributed by atoms with Gasteiger partial charge in [-0.25, -0.2) is 4.79 Å². The predicted molar refractivity (Wildman–Crippen MR) is 162 cm³/mol. The van der Waals surface area contributed by atoms with Gasteiger partial charge < -0.3 is 55.1 Å². The van der Waals surface area contributed by atoms with Crippen LogP contribution in [0.15, 0.2) is 12.1 Å². The highest BCUT2D eigenvalue weighted by atomic mass is 16.7. The number of carbonyl (C=O) groups excluding carboxylic acids is 1. The zero-order valence-electron chi connectivity index (χ0n) is 26.0. The number of aromatic hydroxyl groups is 2. The first-order valence-electron chi connectivity index (χ1n) is 15.8. The van der Waals surface area contributed by atoms with E-state index in [9.17, 15) is 50.4 Å². The maximum Gasteiger partial charge on any atom is 0.335 e. The number of phenolic OH excluding ortho intramolecular Hbond substituents is 2. The number of carbonyl (C=O) groups is 2. The van der Waals surface area contributed by atoms with E-state index in [1.165, 1.54) is 13.8 Å². The van der Waals surface area contributed by atoms with Crippen LogP contribution < -0.4 is 4.74 Å². The summed E-state index contributed by atoms with van der Waals surface area (Å²) in [7, 11) is 0. The first kappa shape index (κ1) is 34.3. The smallest absolute Gasteiger partial charge is 0.335 e. The van der Waals surface area contributed by atoms with Crippen molar-refractivity contribution in [1.82, 2.24) is 0 Å². The second kappa shape index (κ2) is 13.6. The molecule has 9 atom stereocenters. The molecule has 0 amide bonds. The Balaban J connectivity index is 1.43. The van der Waals surface area contributed by atoms with E-state index in [0.717, 1.165) is 31.4 Å². The molecule has 0 bridgehead atoms. The van der Waals surface area contributed by atoms with Gasteiger partial charge in [0.25, 0.3) is 0 Å². The summed E-state index contributed by atoms with van der Waals surface area (Å²) in [4.78, 5) is 24.3. The highest BCUT2D eigenvalue weighted by Crippen LogP contribution is 2.48. The number of ketones is 1. The topological polar surface area (TPSA) is 224 Å². The minimum atomic E-state index is -2.08. The third kappa shape index (κ3) is 6.05. The molecule has 1 saturated carbocycles. The highest BCUT2D eigenvalue weighted by molar-refractivity contribution is 6.11. The fraction of sp³-hybridized carbons (Fsp3) is 0.636. The summed E-state index contributed by atoms with van der Waals surface area (Å²) >= 11 is 0. The number of benzene rings is 2. The number of fused-ring (bicyclic) bond motifs is 2. The average molecular weight is 649 g/mol. The summed E-state index contributed by atoms with van der Waals surface area (Å²) in [5.74, 6) is -2.53. The van der Waals surface area contributed by atoms with Crippen LogP contribution >= 0.6 is 0 Å². The molecule has 3 aliphatic rings. The molecule has 3 fully saturated rings. The standard InChI is InChI=1S/C33H44O13/c1-15-24(16(2)36)28(38)26-21(27(15)37)10-20(31(41)42)11-22(26)45-32-29(39)30(40)33(43,23(12-35)46-32)8-6-17-4-3-5-18-13-44-14-19(7-9-34)25(17)18/h10-11,17-19,23,25,29-30,32,34-35,37-40,43H,3-9,12-14H2,1-2H3,(H,41,42). The molecular formula is C33H44O13. The molecule has 2 aromatic rings. The lowest BCUT2D eigenvalue weighted by Gasteiger charge is -2.50. The van der Waals surface area contributed by atoms with Crippen molar-refractivity contribution in [3.8, 4) is 17.2 Å². The number of carboxylic acids is 1. The molecule has 2 aromatic carbocycles. The van der Waals surface area contributed by atoms with Crippen molar-refractivity contribution in [3.05, 3.63) is 28.8 Å². The van der Waals surface area contributed by atoms with Crippen molar-refractivity contribution in [1.29, 1.82) is 0 Å². The van der Waals surface area contributed by atoms with E-state index in [2.05, 4.69) is 0 Å². The van der Waals surface area contributed by atoms with Crippen LogP contribution in [0.3, 0.4) is 0 Å². The predicted octanol–water partition coefficient (Wildman–Crippen LogP) is 1.85. The Morgan fingerprint density at radius 2 is 1.78 bits per heavy atom. The quantitative estimate of drug-likeness (QED) is 0.136. The molecule has 0 radical (unpaired) electrons. The summed E-state index contributed by atoms with van der Waals surface area (Å²) in [6.07, 6.45) is -3.03. The molecule has 8 N–H and O–H groups in total. The summed E-state index contributed by atoms with van der Waals surface area (Å²) in [5, 5.41) is 85.4. The van der Waals surface area contributed by atoms with Gasteiger partial charge in [-0.15, -0.1) is 0 Å². The van der Waals surface area contributed by atoms with Crippen molar-refractivity contribution < 1.29 is 64.7 Å². The zero-order chi connectivity index (χ0) is 33.5. The molecular weight excluding hydrogens is 604 g/mol.